The second kappa shape index (κ2) is 11.9. The van der Waals surface area contributed by atoms with Gasteiger partial charge in [-0.2, -0.15) is 11.8 Å². The highest BCUT2D eigenvalue weighted by Gasteiger charge is 2.72. The second-order valence-corrected chi connectivity index (χ2v) is 18.2. The monoisotopic (exact) mass is 700 g/mol. The van der Waals surface area contributed by atoms with Crippen LogP contribution in [0.5, 0.6) is 0 Å². The van der Waals surface area contributed by atoms with Crippen molar-refractivity contribution in [2.24, 2.45) is 50.2 Å². The number of carboxylic acid groups (broad SMARTS) is 1. The van der Waals surface area contributed by atoms with Gasteiger partial charge in [-0.3, -0.25) is 19.2 Å². The largest absolute Gasteiger partial charge is 0.519 e. The highest BCUT2D eigenvalue weighted by atomic mass is 32.2. The standard InChI is InChI=1S/C38H52O10S/c1-21-25(47-32(44)46-21)19-45-31(43)38(7)26-9-12-37(6)29(35(26,4)11-10-27(38)48-28(40)20-49-8)24(39)17-22-23-18-34(3,30(41)42)14-13-33(23,2)15-16-36(22,37)5/h17,23,26-27,29H,9-16,18-20H2,1-8H3,(H,41,42)/t23-,26+,27-,29+,33+,34-,35-,36+,37+,38-/m0/s1. The lowest BCUT2D eigenvalue weighted by molar-refractivity contribution is -0.224. The predicted molar refractivity (Wildman–Crippen MR) is 181 cm³/mol. The van der Waals surface area contributed by atoms with Crippen LogP contribution in [0.3, 0.4) is 0 Å². The quantitative estimate of drug-likeness (QED) is 0.296. The Kier molecular flexibility index (Phi) is 8.72. The summed E-state index contributed by atoms with van der Waals surface area (Å²) in [6.07, 6.45) is 9.10. The maximum atomic E-state index is 14.8. The van der Waals surface area contributed by atoms with Gasteiger partial charge in [0.1, 0.15) is 11.5 Å². The molecule has 1 heterocycles. The average molecular weight is 701 g/mol. The zero-order chi connectivity index (χ0) is 35.9. The summed E-state index contributed by atoms with van der Waals surface area (Å²) < 4.78 is 22.0. The fourth-order valence-electron chi connectivity index (χ4n) is 11.6. The van der Waals surface area contributed by atoms with Crippen LogP contribution in [0, 0.1) is 57.2 Å². The lowest BCUT2D eigenvalue weighted by Crippen LogP contribution is -2.68. The van der Waals surface area contributed by atoms with Crippen LogP contribution in [-0.4, -0.2) is 46.9 Å². The lowest BCUT2D eigenvalue weighted by Gasteiger charge is -2.70. The van der Waals surface area contributed by atoms with E-state index in [1.807, 2.05) is 26.2 Å². The van der Waals surface area contributed by atoms with Crippen molar-refractivity contribution in [1.82, 2.24) is 0 Å². The van der Waals surface area contributed by atoms with Crippen LogP contribution in [0.1, 0.15) is 111 Å². The molecule has 11 heteroatoms. The molecule has 270 valence electrons. The van der Waals surface area contributed by atoms with Crippen molar-refractivity contribution < 1.29 is 42.6 Å². The van der Waals surface area contributed by atoms with E-state index in [9.17, 15) is 29.1 Å². The first-order valence-corrected chi connectivity index (χ1v) is 19.1. The fourth-order valence-corrected chi connectivity index (χ4v) is 11.9. The first-order chi connectivity index (χ1) is 22.8. The van der Waals surface area contributed by atoms with E-state index >= 15 is 0 Å². The summed E-state index contributed by atoms with van der Waals surface area (Å²) in [5.74, 6) is -2.80. The SMILES string of the molecule is CSCC(=O)O[C@H]1CC[C@@]2(C)[C@@H](CC[C@]3(C)[C@@H]2C(=O)C=C2[C@@H]4C[C@@](C)(C(=O)O)CC[C@]4(C)CC[C@]23C)[C@]1(C)C(=O)OCc1oc(=O)oc1C. The van der Waals surface area contributed by atoms with Gasteiger partial charge in [0.2, 0.25) is 0 Å². The van der Waals surface area contributed by atoms with Gasteiger partial charge in [0.05, 0.1) is 11.2 Å². The number of aryl methyl sites for hydroxylation is 1. The number of ketones is 1. The molecule has 1 N–H and O–H groups in total. The van der Waals surface area contributed by atoms with Gasteiger partial charge in [-0.25, -0.2) is 4.79 Å². The zero-order valence-corrected chi connectivity index (χ0v) is 31.0. The van der Waals surface area contributed by atoms with Crippen molar-refractivity contribution in [2.75, 3.05) is 12.0 Å². The molecule has 4 saturated carbocycles. The summed E-state index contributed by atoms with van der Waals surface area (Å²) in [7, 11) is 0. The summed E-state index contributed by atoms with van der Waals surface area (Å²) >= 11 is 1.35. The normalized spacial score (nSPS) is 42.9. The third kappa shape index (κ3) is 5.21. The molecule has 1 aromatic rings. The molecular formula is C38H52O10S. The number of hydrogen-bond acceptors (Lipinski definition) is 10. The molecule has 0 aromatic carbocycles. The molecule has 6 rings (SSSR count). The molecule has 0 saturated heterocycles. The summed E-state index contributed by atoms with van der Waals surface area (Å²) in [6.45, 7) is 13.9. The number of fused-ring (bicyclic) bond motifs is 7. The van der Waals surface area contributed by atoms with Gasteiger partial charge >= 0.3 is 23.7 Å². The number of allylic oxidation sites excluding steroid dienone is 2. The molecule has 4 fully saturated rings. The van der Waals surface area contributed by atoms with Crippen LogP contribution in [0.4, 0.5) is 0 Å². The van der Waals surface area contributed by atoms with E-state index in [4.69, 9.17) is 18.3 Å². The van der Waals surface area contributed by atoms with Crippen molar-refractivity contribution in [3.63, 3.8) is 0 Å². The first kappa shape index (κ1) is 36.0. The first-order valence-electron chi connectivity index (χ1n) is 17.7. The number of hydrogen-bond donors (Lipinski definition) is 1. The fraction of sp³-hybridized carbons (Fsp3) is 0.763. The molecule has 49 heavy (non-hydrogen) atoms. The minimum atomic E-state index is -1.27. The number of carboxylic acids is 1. The minimum absolute atomic E-state index is 0.00612. The Balaban J connectivity index is 1.39. The minimum Gasteiger partial charge on any atom is -0.481 e. The molecule has 0 radical (unpaired) electrons. The molecule has 0 unspecified atom stereocenters. The molecular weight excluding hydrogens is 648 g/mol. The number of rotatable bonds is 7. The maximum absolute atomic E-state index is 14.8. The van der Waals surface area contributed by atoms with E-state index in [0.717, 1.165) is 24.8 Å². The highest BCUT2D eigenvalue weighted by Crippen LogP contribution is 2.75. The summed E-state index contributed by atoms with van der Waals surface area (Å²) in [5.41, 5.74) is -2.41. The Morgan fingerprint density at radius 1 is 0.959 bits per heavy atom. The molecule has 1 aromatic heterocycles. The van der Waals surface area contributed by atoms with Crippen LogP contribution in [-0.2, 0) is 35.3 Å². The van der Waals surface area contributed by atoms with Gasteiger partial charge in [0.25, 0.3) is 0 Å². The van der Waals surface area contributed by atoms with E-state index in [0.29, 0.717) is 38.5 Å². The molecule has 0 amide bonds. The van der Waals surface area contributed by atoms with Gasteiger partial charge in [-0.05, 0) is 124 Å². The van der Waals surface area contributed by atoms with Gasteiger partial charge in [-0.1, -0.05) is 33.3 Å². The van der Waals surface area contributed by atoms with Gasteiger partial charge in [0, 0.05) is 5.92 Å². The maximum Gasteiger partial charge on any atom is 0.519 e. The number of carbonyl (C=O) groups is 4. The van der Waals surface area contributed by atoms with Crippen molar-refractivity contribution in [3.8, 4) is 0 Å². The lowest BCUT2D eigenvalue weighted by atomic mass is 9.33. The van der Waals surface area contributed by atoms with E-state index in [1.165, 1.54) is 11.8 Å². The molecule has 10 atom stereocenters. The Labute approximate surface area is 292 Å². The molecule has 10 nitrogen and oxygen atoms in total. The Hall–Kier alpha value is -2.82. The van der Waals surface area contributed by atoms with E-state index in [2.05, 4.69) is 27.7 Å². The number of aliphatic carboxylic acids is 1. The summed E-state index contributed by atoms with van der Waals surface area (Å²) in [5, 5.41) is 10.2. The van der Waals surface area contributed by atoms with Crippen LogP contribution >= 0.6 is 11.8 Å². The number of carbonyl (C=O) groups excluding carboxylic acids is 3. The van der Waals surface area contributed by atoms with Crippen LogP contribution in [0.25, 0.3) is 0 Å². The number of ether oxygens (including phenoxy) is 2. The Bertz CT molecular complexity index is 1660. The van der Waals surface area contributed by atoms with Crippen LogP contribution in [0.15, 0.2) is 25.3 Å². The van der Waals surface area contributed by atoms with Gasteiger partial charge in [-0.15, -0.1) is 0 Å². The highest BCUT2D eigenvalue weighted by molar-refractivity contribution is 7.99. The number of esters is 2. The van der Waals surface area contributed by atoms with Crippen molar-refractivity contribution in [2.45, 2.75) is 119 Å². The summed E-state index contributed by atoms with van der Waals surface area (Å²) in [6, 6.07) is 0. The Morgan fingerprint density at radius 2 is 1.65 bits per heavy atom. The number of thioether (sulfide) groups is 1. The van der Waals surface area contributed by atoms with E-state index in [1.54, 1.807) is 6.92 Å². The molecule has 0 bridgehead atoms. The smallest absolute Gasteiger partial charge is 0.481 e. The zero-order valence-electron chi connectivity index (χ0n) is 30.2. The van der Waals surface area contributed by atoms with Crippen LogP contribution in [0.2, 0.25) is 0 Å². The topological polar surface area (TPSA) is 150 Å². The Morgan fingerprint density at radius 3 is 2.29 bits per heavy atom. The van der Waals surface area contributed by atoms with Crippen molar-refractivity contribution in [1.29, 1.82) is 0 Å². The van der Waals surface area contributed by atoms with Gasteiger partial charge < -0.3 is 23.4 Å². The molecule has 5 aliphatic rings. The molecule has 0 spiro atoms. The average Bonchev–Trinajstić information content (AvgIpc) is 3.35. The van der Waals surface area contributed by atoms with Crippen LogP contribution < -0.4 is 5.82 Å². The molecule has 0 aliphatic heterocycles. The van der Waals surface area contributed by atoms with E-state index in [-0.39, 0.29) is 52.3 Å². The third-order valence-corrected chi connectivity index (χ3v) is 15.4. The third-order valence-electron chi connectivity index (χ3n) is 14.8. The predicted octanol–water partition coefficient (Wildman–Crippen LogP) is 6.90. The van der Waals surface area contributed by atoms with Crippen molar-refractivity contribution in [3.05, 3.63) is 33.8 Å². The van der Waals surface area contributed by atoms with Gasteiger partial charge in [0.15, 0.2) is 23.9 Å². The molecule has 5 aliphatic carbocycles. The second-order valence-electron chi connectivity index (χ2n) is 17.3. The summed E-state index contributed by atoms with van der Waals surface area (Å²) in [4.78, 5) is 66.2. The van der Waals surface area contributed by atoms with Crippen molar-refractivity contribution >= 4 is 35.5 Å². The van der Waals surface area contributed by atoms with E-state index < -0.39 is 57.4 Å².